The highest BCUT2D eigenvalue weighted by Crippen LogP contribution is 2.31. The summed E-state index contributed by atoms with van der Waals surface area (Å²) < 4.78 is 0.999. The fraction of sp³-hybridized carbons (Fsp3) is 0.222. The van der Waals surface area contributed by atoms with E-state index in [1.807, 2.05) is 19.4 Å². The third-order valence-electron chi connectivity index (χ3n) is 1.87. The third-order valence-corrected chi connectivity index (χ3v) is 3.86. The van der Waals surface area contributed by atoms with E-state index in [-0.39, 0.29) is 0 Å². The zero-order valence-electron chi connectivity index (χ0n) is 8.39. The molecule has 78 valence electrons. The Bertz CT molecular complexity index is 441. The van der Waals surface area contributed by atoms with E-state index in [1.165, 1.54) is 0 Å². The van der Waals surface area contributed by atoms with Gasteiger partial charge in [0.05, 0.1) is 0 Å². The van der Waals surface area contributed by atoms with E-state index < -0.39 is 0 Å². The molecule has 2 heterocycles. The van der Waals surface area contributed by atoms with Crippen LogP contribution in [-0.2, 0) is 0 Å². The summed E-state index contributed by atoms with van der Waals surface area (Å²) in [5.74, 6) is 0.865. The molecule has 0 unspecified atom stereocenters. The van der Waals surface area contributed by atoms with Crippen LogP contribution in [0.3, 0.4) is 0 Å². The molecule has 0 saturated carbocycles. The Kier molecular flexibility index (Phi) is 3.17. The molecule has 2 aromatic rings. The van der Waals surface area contributed by atoms with Crippen molar-refractivity contribution in [3.05, 3.63) is 23.5 Å². The lowest BCUT2D eigenvalue weighted by molar-refractivity contribution is 1.00. The second-order valence-corrected chi connectivity index (χ2v) is 4.93. The molecule has 0 bridgehead atoms. The Labute approximate surface area is 96.2 Å². The molecule has 4 nitrogen and oxygen atoms in total. The van der Waals surface area contributed by atoms with Gasteiger partial charge in [-0.1, -0.05) is 0 Å². The summed E-state index contributed by atoms with van der Waals surface area (Å²) in [6, 6.07) is 0. The zero-order valence-corrected chi connectivity index (χ0v) is 10.0. The SMILES string of the molecule is CNc1ncnc(Sc2nccs2)c1C. The summed E-state index contributed by atoms with van der Waals surface area (Å²) in [6.45, 7) is 2.00. The molecule has 15 heavy (non-hydrogen) atoms. The Balaban J connectivity index is 2.29. The monoisotopic (exact) mass is 238 g/mol. The third kappa shape index (κ3) is 2.27. The molecule has 0 amide bonds. The number of hydrogen-bond donors (Lipinski definition) is 1. The van der Waals surface area contributed by atoms with Gasteiger partial charge in [-0.05, 0) is 18.7 Å². The van der Waals surface area contributed by atoms with Crippen molar-refractivity contribution in [3.8, 4) is 0 Å². The van der Waals surface area contributed by atoms with Gasteiger partial charge in [-0.3, -0.25) is 0 Å². The van der Waals surface area contributed by atoms with Crippen LogP contribution in [0, 0.1) is 6.92 Å². The van der Waals surface area contributed by atoms with E-state index in [2.05, 4.69) is 20.3 Å². The van der Waals surface area contributed by atoms with Crippen molar-refractivity contribution >= 4 is 28.9 Å². The second-order valence-electron chi connectivity index (χ2n) is 2.80. The minimum Gasteiger partial charge on any atom is -0.373 e. The first-order chi connectivity index (χ1) is 7.31. The molecule has 2 aromatic heterocycles. The van der Waals surface area contributed by atoms with Crippen LogP contribution in [0.2, 0.25) is 0 Å². The highest BCUT2D eigenvalue weighted by molar-refractivity contribution is 8.01. The standard InChI is InChI=1S/C9H10N4S2/c1-6-7(10-2)12-5-13-8(6)15-9-11-3-4-14-9/h3-5H,1-2H3,(H,10,12,13). The average Bonchev–Trinajstić information content (AvgIpc) is 2.74. The molecule has 0 fully saturated rings. The number of rotatable bonds is 3. The summed E-state index contributed by atoms with van der Waals surface area (Å²) in [6.07, 6.45) is 3.36. The van der Waals surface area contributed by atoms with Crippen molar-refractivity contribution in [1.29, 1.82) is 0 Å². The lowest BCUT2D eigenvalue weighted by Gasteiger charge is -2.06. The Morgan fingerprint density at radius 2 is 2.20 bits per heavy atom. The molecule has 0 spiro atoms. The maximum Gasteiger partial charge on any atom is 0.156 e. The van der Waals surface area contributed by atoms with Crippen molar-refractivity contribution in [2.75, 3.05) is 12.4 Å². The van der Waals surface area contributed by atoms with Gasteiger partial charge < -0.3 is 5.32 Å². The fourth-order valence-corrected chi connectivity index (χ4v) is 2.72. The average molecular weight is 238 g/mol. The van der Waals surface area contributed by atoms with Gasteiger partial charge in [-0.15, -0.1) is 11.3 Å². The van der Waals surface area contributed by atoms with Crippen LogP contribution in [0.15, 0.2) is 27.3 Å². The summed E-state index contributed by atoms with van der Waals surface area (Å²) in [4.78, 5) is 12.6. The topological polar surface area (TPSA) is 50.7 Å². The second kappa shape index (κ2) is 4.59. The maximum atomic E-state index is 4.24. The zero-order chi connectivity index (χ0) is 10.7. The largest absolute Gasteiger partial charge is 0.373 e. The quantitative estimate of drug-likeness (QED) is 0.832. The number of thiazole rings is 1. The molecular formula is C9H10N4S2. The van der Waals surface area contributed by atoms with Crippen molar-refractivity contribution in [2.24, 2.45) is 0 Å². The number of nitrogens with zero attached hydrogens (tertiary/aromatic N) is 3. The first kappa shape index (κ1) is 10.4. The molecule has 0 atom stereocenters. The molecule has 0 radical (unpaired) electrons. The van der Waals surface area contributed by atoms with Crippen LogP contribution in [0.25, 0.3) is 0 Å². The van der Waals surface area contributed by atoms with Gasteiger partial charge >= 0.3 is 0 Å². The maximum absolute atomic E-state index is 4.24. The molecule has 0 aliphatic rings. The van der Waals surface area contributed by atoms with Crippen molar-refractivity contribution < 1.29 is 0 Å². The number of hydrogen-bond acceptors (Lipinski definition) is 6. The Morgan fingerprint density at radius 1 is 1.33 bits per heavy atom. The van der Waals surface area contributed by atoms with Crippen LogP contribution in [0.5, 0.6) is 0 Å². The van der Waals surface area contributed by atoms with Gasteiger partial charge in [-0.2, -0.15) is 0 Å². The molecular weight excluding hydrogens is 228 g/mol. The predicted molar refractivity (Wildman–Crippen MR) is 62.6 cm³/mol. The van der Waals surface area contributed by atoms with Crippen molar-refractivity contribution in [2.45, 2.75) is 16.3 Å². The van der Waals surface area contributed by atoms with Crippen LogP contribution in [0.4, 0.5) is 5.82 Å². The van der Waals surface area contributed by atoms with E-state index in [1.54, 1.807) is 35.6 Å². The number of aromatic nitrogens is 3. The minimum absolute atomic E-state index is 0.865. The number of nitrogens with one attached hydrogen (secondary N) is 1. The summed E-state index contributed by atoms with van der Waals surface area (Å²) in [5, 5.41) is 5.94. The molecule has 0 saturated heterocycles. The van der Waals surface area contributed by atoms with E-state index >= 15 is 0 Å². The highest BCUT2D eigenvalue weighted by Gasteiger charge is 2.08. The van der Waals surface area contributed by atoms with Gasteiger partial charge in [0, 0.05) is 24.2 Å². The van der Waals surface area contributed by atoms with E-state index in [0.29, 0.717) is 0 Å². The van der Waals surface area contributed by atoms with Crippen LogP contribution >= 0.6 is 23.1 Å². The Hall–Kier alpha value is -1.14. The van der Waals surface area contributed by atoms with Crippen LogP contribution in [0.1, 0.15) is 5.56 Å². The summed E-state index contributed by atoms with van der Waals surface area (Å²) in [7, 11) is 1.85. The Morgan fingerprint density at radius 3 is 2.87 bits per heavy atom. The smallest absolute Gasteiger partial charge is 0.156 e. The normalized spacial score (nSPS) is 10.3. The minimum atomic E-state index is 0.865. The van der Waals surface area contributed by atoms with Gasteiger partial charge in [0.25, 0.3) is 0 Å². The number of anilines is 1. The molecule has 0 aliphatic heterocycles. The summed E-state index contributed by atoms with van der Waals surface area (Å²) >= 11 is 3.18. The predicted octanol–water partition coefficient (Wildman–Crippen LogP) is 2.43. The lowest BCUT2D eigenvalue weighted by atomic mass is 10.3. The van der Waals surface area contributed by atoms with Crippen molar-refractivity contribution in [3.63, 3.8) is 0 Å². The van der Waals surface area contributed by atoms with Gasteiger partial charge in [0.15, 0.2) is 4.34 Å². The van der Waals surface area contributed by atoms with E-state index in [9.17, 15) is 0 Å². The summed E-state index contributed by atoms with van der Waals surface area (Å²) in [5.41, 5.74) is 1.06. The van der Waals surface area contributed by atoms with Gasteiger partial charge in [0.1, 0.15) is 17.2 Å². The molecule has 0 aromatic carbocycles. The van der Waals surface area contributed by atoms with Crippen molar-refractivity contribution in [1.82, 2.24) is 15.0 Å². The van der Waals surface area contributed by atoms with Gasteiger partial charge in [-0.25, -0.2) is 15.0 Å². The van der Waals surface area contributed by atoms with Crippen LogP contribution < -0.4 is 5.32 Å². The first-order valence-electron chi connectivity index (χ1n) is 4.38. The first-order valence-corrected chi connectivity index (χ1v) is 6.07. The van der Waals surface area contributed by atoms with Crippen LogP contribution in [-0.4, -0.2) is 22.0 Å². The van der Waals surface area contributed by atoms with E-state index in [0.717, 1.165) is 20.7 Å². The lowest BCUT2D eigenvalue weighted by Crippen LogP contribution is -1.98. The highest BCUT2D eigenvalue weighted by atomic mass is 32.2. The molecule has 6 heteroatoms. The fourth-order valence-electron chi connectivity index (χ4n) is 1.13. The van der Waals surface area contributed by atoms with Gasteiger partial charge in [0.2, 0.25) is 0 Å². The molecule has 2 rings (SSSR count). The molecule has 1 N–H and O–H groups in total. The van der Waals surface area contributed by atoms with E-state index in [4.69, 9.17) is 0 Å². The molecule has 0 aliphatic carbocycles.